The van der Waals surface area contributed by atoms with E-state index in [1.807, 2.05) is 0 Å². The molecule has 0 amide bonds. The van der Waals surface area contributed by atoms with E-state index in [0.29, 0.717) is 30.2 Å². The first kappa shape index (κ1) is 11.8. The second kappa shape index (κ2) is 4.27. The highest BCUT2D eigenvalue weighted by Crippen LogP contribution is 2.43. The summed E-state index contributed by atoms with van der Waals surface area (Å²) in [4.78, 5) is 13.2. The van der Waals surface area contributed by atoms with Crippen LogP contribution in [0.2, 0.25) is 0 Å². The van der Waals surface area contributed by atoms with E-state index in [4.69, 9.17) is 9.63 Å². The summed E-state index contributed by atoms with van der Waals surface area (Å²) in [5.41, 5.74) is 0.670. The maximum atomic E-state index is 11.1. The molecule has 20 heavy (non-hydrogen) atoms. The van der Waals surface area contributed by atoms with Gasteiger partial charge in [-0.1, -0.05) is 16.5 Å². The summed E-state index contributed by atoms with van der Waals surface area (Å²) < 4.78 is 5.10. The van der Waals surface area contributed by atoms with Gasteiger partial charge in [0.1, 0.15) is 10.8 Å². The van der Waals surface area contributed by atoms with Gasteiger partial charge in [0.15, 0.2) is 5.69 Å². The monoisotopic (exact) mass is 292 g/mol. The van der Waals surface area contributed by atoms with Crippen molar-refractivity contribution < 1.29 is 14.4 Å². The topological polar surface area (TPSA) is 92.3 Å². The van der Waals surface area contributed by atoms with Crippen LogP contribution < -0.4 is 4.90 Å². The molecule has 0 radical (unpaired) electrons. The Kier molecular flexibility index (Phi) is 2.53. The third-order valence-electron chi connectivity index (χ3n) is 3.66. The number of fused-ring (bicyclic) bond motifs is 1. The van der Waals surface area contributed by atoms with E-state index in [0.717, 1.165) is 16.7 Å². The van der Waals surface area contributed by atoms with E-state index < -0.39 is 5.97 Å². The Bertz CT molecular complexity index is 676. The van der Waals surface area contributed by atoms with Gasteiger partial charge in [0.25, 0.3) is 0 Å². The minimum Gasteiger partial charge on any atom is -0.476 e. The Balaban J connectivity index is 1.61. The van der Waals surface area contributed by atoms with Crippen molar-refractivity contribution in [1.82, 2.24) is 15.4 Å². The first-order chi connectivity index (χ1) is 9.72. The Labute approximate surface area is 118 Å². The molecule has 8 heteroatoms. The summed E-state index contributed by atoms with van der Waals surface area (Å²) in [6.45, 7) is 1.22. The summed E-state index contributed by atoms with van der Waals surface area (Å²) in [6.07, 6.45) is 3.05. The van der Waals surface area contributed by atoms with Gasteiger partial charge in [0, 0.05) is 24.4 Å². The zero-order valence-electron chi connectivity index (χ0n) is 10.6. The standard InChI is InChI=1S/C12H12N4O3S/c17-11(18)9-7-5-16(4-3-8(7)19-15-9)12-14-13-10(20-12)6-1-2-6/h6H,1-5H2,(H,17,18). The zero-order valence-corrected chi connectivity index (χ0v) is 11.4. The molecule has 1 aliphatic heterocycles. The first-order valence-electron chi connectivity index (χ1n) is 6.51. The second-order valence-electron chi connectivity index (χ2n) is 5.11. The molecule has 4 rings (SSSR count). The summed E-state index contributed by atoms with van der Waals surface area (Å²) in [5, 5.41) is 23.1. The average molecular weight is 292 g/mol. The molecule has 0 aromatic carbocycles. The van der Waals surface area contributed by atoms with Gasteiger partial charge < -0.3 is 14.5 Å². The van der Waals surface area contributed by atoms with Crippen LogP contribution in [0.15, 0.2) is 4.52 Å². The number of anilines is 1. The Morgan fingerprint density at radius 1 is 1.40 bits per heavy atom. The van der Waals surface area contributed by atoms with Crippen LogP contribution >= 0.6 is 11.3 Å². The zero-order chi connectivity index (χ0) is 13.7. The quantitative estimate of drug-likeness (QED) is 0.919. The highest BCUT2D eigenvalue weighted by atomic mass is 32.1. The number of rotatable bonds is 3. The highest BCUT2D eigenvalue weighted by molar-refractivity contribution is 7.15. The lowest BCUT2D eigenvalue weighted by atomic mass is 10.1. The number of carbonyl (C=O) groups is 1. The van der Waals surface area contributed by atoms with Crippen LogP contribution in [-0.4, -0.2) is 33.0 Å². The number of carboxylic acids is 1. The number of aromatic carboxylic acids is 1. The molecule has 3 heterocycles. The van der Waals surface area contributed by atoms with Gasteiger partial charge >= 0.3 is 5.97 Å². The van der Waals surface area contributed by atoms with E-state index in [1.54, 1.807) is 11.3 Å². The molecule has 0 saturated heterocycles. The van der Waals surface area contributed by atoms with Gasteiger partial charge in [-0.3, -0.25) is 0 Å². The van der Waals surface area contributed by atoms with E-state index in [1.165, 1.54) is 12.8 Å². The molecule has 1 N–H and O–H groups in total. The molecule has 7 nitrogen and oxygen atoms in total. The van der Waals surface area contributed by atoms with Gasteiger partial charge in [0.05, 0.1) is 6.54 Å². The van der Waals surface area contributed by atoms with Crippen molar-refractivity contribution in [3.63, 3.8) is 0 Å². The fourth-order valence-electron chi connectivity index (χ4n) is 2.39. The first-order valence-corrected chi connectivity index (χ1v) is 7.33. The van der Waals surface area contributed by atoms with Crippen molar-refractivity contribution in [2.75, 3.05) is 11.4 Å². The van der Waals surface area contributed by atoms with Crippen LogP contribution in [0.25, 0.3) is 0 Å². The molecular weight excluding hydrogens is 280 g/mol. The van der Waals surface area contributed by atoms with E-state index >= 15 is 0 Å². The van der Waals surface area contributed by atoms with Crippen LogP contribution in [-0.2, 0) is 13.0 Å². The Morgan fingerprint density at radius 3 is 3.00 bits per heavy atom. The van der Waals surface area contributed by atoms with Crippen molar-refractivity contribution in [2.24, 2.45) is 0 Å². The van der Waals surface area contributed by atoms with Crippen LogP contribution in [0.4, 0.5) is 5.13 Å². The third-order valence-corrected chi connectivity index (χ3v) is 4.80. The molecule has 2 aromatic heterocycles. The van der Waals surface area contributed by atoms with Crippen molar-refractivity contribution in [1.29, 1.82) is 0 Å². The maximum absolute atomic E-state index is 11.1. The molecule has 104 valence electrons. The molecule has 0 spiro atoms. The number of hydrogen-bond donors (Lipinski definition) is 1. The van der Waals surface area contributed by atoms with E-state index in [-0.39, 0.29) is 5.69 Å². The number of nitrogens with zero attached hydrogens (tertiary/aromatic N) is 4. The van der Waals surface area contributed by atoms with Crippen LogP contribution in [0.5, 0.6) is 0 Å². The Morgan fingerprint density at radius 2 is 2.25 bits per heavy atom. The fourth-order valence-corrected chi connectivity index (χ4v) is 3.43. The number of aromatic nitrogens is 3. The molecular formula is C12H12N4O3S. The predicted octanol–water partition coefficient (Wildman–Crippen LogP) is 1.66. The van der Waals surface area contributed by atoms with Gasteiger partial charge in [-0.15, -0.1) is 10.2 Å². The van der Waals surface area contributed by atoms with Gasteiger partial charge in [0.2, 0.25) is 5.13 Å². The summed E-state index contributed by atoms with van der Waals surface area (Å²) in [7, 11) is 0. The lowest BCUT2D eigenvalue weighted by Crippen LogP contribution is -2.30. The second-order valence-corrected chi connectivity index (χ2v) is 6.09. The Hall–Kier alpha value is -1.96. The maximum Gasteiger partial charge on any atom is 0.358 e. The molecule has 1 fully saturated rings. The molecule has 2 aromatic rings. The fraction of sp³-hybridized carbons (Fsp3) is 0.500. The summed E-state index contributed by atoms with van der Waals surface area (Å²) in [5.74, 6) is 0.213. The summed E-state index contributed by atoms with van der Waals surface area (Å²) >= 11 is 1.61. The molecule has 2 aliphatic rings. The lowest BCUT2D eigenvalue weighted by molar-refractivity contribution is 0.0684. The largest absolute Gasteiger partial charge is 0.476 e. The van der Waals surface area contributed by atoms with E-state index in [9.17, 15) is 4.79 Å². The van der Waals surface area contributed by atoms with Gasteiger partial charge in [-0.05, 0) is 12.8 Å². The van der Waals surface area contributed by atoms with Crippen molar-refractivity contribution in [2.45, 2.75) is 31.7 Å². The normalized spacial score (nSPS) is 18.1. The lowest BCUT2D eigenvalue weighted by Gasteiger charge is -2.24. The van der Waals surface area contributed by atoms with Crippen LogP contribution in [0.3, 0.4) is 0 Å². The van der Waals surface area contributed by atoms with Crippen LogP contribution in [0, 0.1) is 0 Å². The average Bonchev–Trinajstić information content (AvgIpc) is 3.03. The number of hydrogen-bond acceptors (Lipinski definition) is 7. The smallest absolute Gasteiger partial charge is 0.358 e. The van der Waals surface area contributed by atoms with Crippen molar-refractivity contribution >= 4 is 22.4 Å². The van der Waals surface area contributed by atoms with Crippen molar-refractivity contribution in [3.8, 4) is 0 Å². The number of carboxylic acid groups (broad SMARTS) is 1. The summed E-state index contributed by atoms with van der Waals surface area (Å²) in [6, 6.07) is 0. The molecule has 1 aliphatic carbocycles. The van der Waals surface area contributed by atoms with E-state index in [2.05, 4.69) is 20.3 Å². The molecule has 0 bridgehead atoms. The minimum absolute atomic E-state index is 0.0108. The minimum atomic E-state index is -1.05. The van der Waals surface area contributed by atoms with Crippen molar-refractivity contribution in [3.05, 3.63) is 22.0 Å². The predicted molar refractivity (Wildman–Crippen MR) is 70.1 cm³/mol. The van der Waals surface area contributed by atoms with Gasteiger partial charge in [-0.2, -0.15) is 0 Å². The highest BCUT2D eigenvalue weighted by Gasteiger charge is 2.31. The SMILES string of the molecule is O=C(O)c1noc2c1CN(c1nnc(C3CC3)s1)CC2. The third kappa shape index (κ3) is 1.87. The van der Waals surface area contributed by atoms with Crippen LogP contribution in [0.1, 0.15) is 45.6 Å². The van der Waals surface area contributed by atoms with Gasteiger partial charge in [-0.25, -0.2) is 4.79 Å². The molecule has 1 saturated carbocycles. The molecule has 0 atom stereocenters. The molecule has 0 unspecified atom stereocenters.